The molecule has 0 fully saturated rings. The molecule has 0 aromatic rings. The third-order valence-electron chi connectivity index (χ3n) is 1.41. The number of carbonyl (C=O) groups is 1. The molecule has 0 atom stereocenters. The van der Waals surface area contributed by atoms with E-state index in [1.807, 2.05) is 0 Å². The molecule has 0 aromatic heterocycles. The van der Waals surface area contributed by atoms with E-state index >= 15 is 0 Å². The summed E-state index contributed by atoms with van der Waals surface area (Å²) in [7, 11) is 2.77. The average molecular weight is 181 g/mol. The van der Waals surface area contributed by atoms with Gasteiger partial charge in [0.1, 0.15) is 0 Å². The van der Waals surface area contributed by atoms with Crippen molar-refractivity contribution >= 4 is 5.97 Å². The molecule has 71 valence electrons. The van der Waals surface area contributed by atoms with Crippen LogP contribution >= 0.6 is 0 Å². The van der Waals surface area contributed by atoms with Crippen molar-refractivity contribution in [2.24, 2.45) is 0 Å². The molecule has 0 aliphatic rings. The summed E-state index contributed by atoms with van der Waals surface area (Å²) >= 11 is 0. The molecular weight excluding hydrogens is 168 g/mol. The van der Waals surface area contributed by atoms with Crippen LogP contribution in [0.5, 0.6) is 0 Å². The van der Waals surface area contributed by atoms with Gasteiger partial charge in [-0.15, -0.1) is 0 Å². The summed E-state index contributed by atoms with van der Waals surface area (Å²) in [5.41, 5.74) is 1.04. The number of allylic oxidation sites excluding steroid dienone is 2. The molecule has 0 heterocycles. The summed E-state index contributed by atoms with van der Waals surface area (Å²) in [5.74, 6) is -0.447. The summed E-state index contributed by atoms with van der Waals surface area (Å²) in [6, 6.07) is 0. The molecule has 0 amide bonds. The van der Waals surface area contributed by atoms with Gasteiger partial charge in [0.15, 0.2) is 0 Å². The van der Waals surface area contributed by atoms with Gasteiger partial charge < -0.3 is 9.47 Å². The van der Waals surface area contributed by atoms with E-state index in [2.05, 4.69) is 4.74 Å². The predicted octanol–water partition coefficient (Wildman–Crippen LogP) is 1.63. The SMILES string of the molecule is [CH]=CC=C(C)C(=COC)C(=O)OC. The maximum atomic E-state index is 11.2. The first-order chi connectivity index (χ1) is 6.17. The standard InChI is InChI=1S/C10H13O3/c1-5-6-8(2)9(7-12-3)10(11)13-4/h1,5-7H,2-4H3. The van der Waals surface area contributed by atoms with Crippen LogP contribution in [0, 0.1) is 6.58 Å². The number of hydrogen-bond donors (Lipinski definition) is 0. The van der Waals surface area contributed by atoms with Crippen LogP contribution < -0.4 is 0 Å². The van der Waals surface area contributed by atoms with E-state index in [4.69, 9.17) is 11.3 Å². The second kappa shape index (κ2) is 6.06. The molecule has 1 radical (unpaired) electrons. The molecule has 0 unspecified atom stereocenters. The Morgan fingerprint density at radius 1 is 1.38 bits per heavy atom. The Labute approximate surface area is 78.3 Å². The molecule has 0 spiro atoms. The molecular formula is C10H13O3. The van der Waals surface area contributed by atoms with Crippen molar-refractivity contribution in [3.63, 3.8) is 0 Å². The van der Waals surface area contributed by atoms with Crippen LogP contribution in [-0.4, -0.2) is 20.2 Å². The minimum atomic E-state index is -0.447. The van der Waals surface area contributed by atoms with Gasteiger partial charge >= 0.3 is 5.97 Å². The molecule has 0 aromatic carbocycles. The van der Waals surface area contributed by atoms with E-state index < -0.39 is 5.97 Å². The fourth-order valence-corrected chi connectivity index (χ4v) is 0.764. The van der Waals surface area contributed by atoms with Gasteiger partial charge in [0.25, 0.3) is 0 Å². The van der Waals surface area contributed by atoms with Crippen LogP contribution in [0.2, 0.25) is 0 Å². The summed E-state index contributed by atoms with van der Waals surface area (Å²) in [6.45, 7) is 6.92. The third-order valence-corrected chi connectivity index (χ3v) is 1.41. The lowest BCUT2D eigenvalue weighted by Crippen LogP contribution is -2.06. The monoisotopic (exact) mass is 181 g/mol. The molecule has 3 nitrogen and oxygen atoms in total. The van der Waals surface area contributed by atoms with Crippen molar-refractivity contribution < 1.29 is 14.3 Å². The number of methoxy groups -OCH3 is 2. The molecule has 0 aliphatic carbocycles. The lowest BCUT2D eigenvalue weighted by molar-refractivity contribution is -0.135. The molecule has 0 saturated heterocycles. The number of hydrogen-bond acceptors (Lipinski definition) is 3. The highest BCUT2D eigenvalue weighted by Crippen LogP contribution is 2.10. The van der Waals surface area contributed by atoms with Gasteiger partial charge in [-0.2, -0.15) is 0 Å². The van der Waals surface area contributed by atoms with E-state index in [0.29, 0.717) is 11.1 Å². The van der Waals surface area contributed by atoms with Gasteiger partial charge in [-0.3, -0.25) is 0 Å². The van der Waals surface area contributed by atoms with Crippen LogP contribution in [0.25, 0.3) is 0 Å². The lowest BCUT2D eigenvalue weighted by atomic mass is 10.1. The largest absolute Gasteiger partial charge is 0.503 e. The maximum absolute atomic E-state index is 11.2. The zero-order chi connectivity index (χ0) is 10.3. The van der Waals surface area contributed by atoms with Gasteiger partial charge in [-0.05, 0) is 12.5 Å². The van der Waals surface area contributed by atoms with Crippen LogP contribution in [0.3, 0.4) is 0 Å². The second-order valence-electron chi connectivity index (χ2n) is 2.30. The molecule has 0 rings (SSSR count). The number of ether oxygens (including phenoxy) is 2. The quantitative estimate of drug-likeness (QED) is 0.286. The van der Waals surface area contributed by atoms with E-state index in [9.17, 15) is 4.79 Å². The Kier molecular flexibility index (Phi) is 5.35. The highest BCUT2D eigenvalue weighted by atomic mass is 16.5. The first-order valence-corrected chi connectivity index (χ1v) is 3.70. The molecule has 0 bridgehead atoms. The molecule has 0 N–H and O–H groups in total. The van der Waals surface area contributed by atoms with Crippen molar-refractivity contribution in [2.45, 2.75) is 6.92 Å². The Morgan fingerprint density at radius 3 is 2.38 bits per heavy atom. The van der Waals surface area contributed by atoms with Crippen molar-refractivity contribution in [3.05, 3.63) is 36.1 Å². The van der Waals surface area contributed by atoms with Crippen LogP contribution in [0.1, 0.15) is 6.92 Å². The van der Waals surface area contributed by atoms with E-state index in [1.54, 1.807) is 13.0 Å². The fourth-order valence-electron chi connectivity index (χ4n) is 0.764. The van der Waals surface area contributed by atoms with Crippen LogP contribution in [0.4, 0.5) is 0 Å². The molecule has 13 heavy (non-hydrogen) atoms. The van der Waals surface area contributed by atoms with Crippen molar-refractivity contribution in [1.82, 2.24) is 0 Å². The minimum Gasteiger partial charge on any atom is -0.503 e. The van der Waals surface area contributed by atoms with Crippen molar-refractivity contribution in [3.8, 4) is 0 Å². The number of esters is 1. The topological polar surface area (TPSA) is 35.5 Å². The van der Waals surface area contributed by atoms with Crippen molar-refractivity contribution in [2.75, 3.05) is 14.2 Å². The van der Waals surface area contributed by atoms with Gasteiger partial charge in [0, 0.05) is 0 Å². The summed E-state index contributed by atoms with van der Waals surface area (Å²) in [6.07, 6.45) is 4.27. The molecule has 0 aliphatic heterocycles. The Balaban J connectivity index is 4.82. The van der Waals surface area contributed by atoms with Crippen molar-refractivity contribution in [1.29, 1.82) is 0 Å². The van der Waals surface area contributed by atoms with Gasteiger partial charge in [0.2, 0.25) is 0 Å². The molecule has 0 saturated carbocycles. The van der Waals surface area contributed by atoms with E-state index in [1.165, 1.54) is 26.6 Å². The Hall–Kier alpha value is -1.51. The van der Waals surface area contributed by atoms with Gasteiger partial charge in [0.05, 0.1) is 26.1 Å². The number of rotatable bonds is 4. The zero-order valence-electron chi connectivity index (χ0n) is 8.03. The third kappa shape index (κ3) is 3.60. The first kappa shape index (κ1) is 11.5. The molecule has 3 heteroatoms. The van der Waals surface area contributed by atoms with E-state index in [-0.39, 0.29) is 0 Å². The Morgan fingerprint density at radius 2 is 2.00 bits per heavy atom. The first-order valence-electron chi connectivity index (χ1n) is 3.70. The zero-order valence-corrected chi connectivity index (χ0v) is 8.03. The lowest BCUT2D eigenvalue weighted by Gasteiger charge is -2.04. The second-order valence-corrected chi connectivity index (χ2v) is 2.30. The summed E-state index contributed by atoms with van der Waals surface area (Å²) in [5, 5.41) is 0. The summed E-state index contributed by atoms with van der Waals surface area (Å²) < 4.78 is 9.29. The van der Waals surface area contributed by atoms with Gasteiger partial charge in [-0.1, -0.05) is 18.7 Å². The highest BCUT2D eigenvalue weighted by Gasteiger charge is 2.11. The maximum Gasteiger partial charge on any atom is 0.341 e. The Bertz CT molecular complexity index is 249. The normalized spacial score (nSPS) is 12.2. The average Bonchev–Trinajstić information content (AvgIpc) is 2.13. The van der Waals surface area contributed by atoms with Crippen LogP contribution in [-0.2, 0) is 14.3 Å². The summed E-state index contributed by atoms with van der Waals surface area (Å²) in [4.78, 5) is 11.2. The van der Waals surface area contributed by atoms with E-state index in [0.717, 1.165) is 0 Å². The predicted molar refractivity (Wildman–Crippen MR) is 49.7 cm³/mol. The highest BCUT2D eigenvalue weighted by molar-refractivity contribution is 5.92. The van der Waals surface area contributed by atoms with Gasteiger partial charge in [-0.25, -0.2) is 4.79 Å². The fraction of sp³-hybridized carbons (Fsp3) is 0.300. The minimum absolute atomic E-state index is 0.353. The smallest absolute Gasteiger partial charge is 0.341 e. The van der Waals surface area contributed by atoms with Crippen LogP contribution in [0.15, 0.2) is 29.6 Å². The number of carbonyl (C=O) groups excluding carboxylic acids is 1.